The third-order valence-electron chi connectivity index (χ3n) is 2.33. The van der Waals surface area contributed by atoms with Crippen molar-refractivity contribution in [2.45, 2.75) is 18.7 Å². The molecule has 0 unspecified atom stereocenters. The summed E-state index contributed by atoms with van der Waals surface area (Å²) in [5, 5.41) is 1.24. The molecule has 2 aromatic rings. The van der Waals surface area contributed by atoms with E-state index < -0.39 is 0 Å². The molecule has 0 radical (unpaired) electrons. The molecule has 0 atom stereocenters. The van der Waals surface area contributed by atoms with Crippen LogP contribution in [-0.2, 0) is 0 Å². The fraction of sp³-hybridized carbons (Fsp3) is 0.214. The lowest BCUT2D eigenvalue weighted by molar-refractivity contribution is 1.33. The molecule has 0 fully saturated rings. The van der Waals surface area contributed by atoms with Crippen LogP contribution in [0.4, 0.5) is 0 Å². The normalized spacial score (nSPS) is 10.6. The van der Waals surface area contributed by atoms with Crippen molar-refractivity contribution >= 4 is 22.7 Å². The predicted molar refractivity (Wildman–Crippen MR) is 72.0 cm³/mol. The number of aryl methyl sites for hydroxylation is 1. The van der Waals surface area contributed by atoms with Crippen LogP contribution < -0.4 is 0 Å². The number of benzene rings is 1. The van der Waals surface area contributed by atoms with Crippen molar-refractivity contribution < 1.29 is 0 Å². The zero-order valence-corrected chi connectivity index (χ0v) is 10.5. The van der Waals surface area contributed by atoms with Crippen LogP contribution >= 0.6 is 11.8 Å². The van der Waals surface area contributed by atoms with Gasteiger partial charge in [0.1, 0.15) is 0 Å². The summed E-state index contributed by atoms with van der Waals surface area (Å²) in [4.78, 5) is 5.66. The molecule has 0 saturated heterocycles. The van der Waals surface area contributed by atoms with Gasteiger partial charge in [-0.05, 0) is 32.0 Å². The molecule has 0 aliphatic rings. The van der Waals surface area contributed by atoms with Crippen LogP contribution in [0, 0.1) is 6.92 Å². The Morgan fingerprint density at radius 2 is 2.19 bits per heavy atom. The fourth-order valence-corrected chi connectivity index (χ4v) is 2.44. The van der Waals surface area contributed by atoms with Gasteiger partial charge in [-0.2, -0.15) is 0 Å². The molecule has 0 bridgehead atoms. The van der Waals surface area contributed by atoms with Crippen LogP contribution in [-0.4, -0.2) is 10.7 Å². The van der Waals surface area contributed by atoms with E-state index in [-0.39, 0.29) is 0 Å². The van der Waals surface area contributed by atoms with Crippen LogP contribution in [0.5, 0.6) is 0 Å². The van der Waals surface area contributed by atoms with E-state index in [1.54, 1.807) is 0 Å². The molecule has 1 aromatic carbocycles. The lowest BCUT2D eigenvalue weighted by Crippen LogP contribution is -1.85. The molecule has 0 aliphatic carbocycles. The number of hydrogen-bond donors (Lipinski definition) is 0. The summed E-state index contributed by atoms with van der Waals surface area (Å²) in [5.74, 6) is 0.965. The Balaban J connectivity index is 2.43. The van der Waals surface area contributed by atoms with E-state index in [1.165, 1.54) is 21.4 Å². The summed E-state index contributed by atoms with van der Waals surface area (Å²) in [6.07, 6.45) is 1.87. The molecular weight excluding hydrogens is 214 g/mol. The van der Waals surface area contributed by atoms with Crippen LogP contribution in [0.2, 0.25) is 0 Å². The summed E-state index contributed by atoms with van der Waals surface area (Å²) in [7, 11) is 0. The number of aromatic nitrogens is 1. The third-order valence-corrected chi connectivity index (χ3v) is 3.64. The van der Waals surface area contributed by atoms with Crippen molar-refractivity contribution in [2.75, 3.05) is 5.75 Å². The Kier molecular flexibility index (Phi) is 3.30. The monoisotopic (exact) mass is 229 g/mol. The highest BCUT2D eigenvalue weighted by atomic mass is 32.2. The van der Waals surface area contributed by atoms with Crippen LogP contribution in [0.25, 0.3) is 10.9 Å². The van der Waals surface area contributed by atoms with Gasteiger partial charge in [-0.1, -0.05) is 23.8 Å². The van der Waals surface area contributed by atoms with Crippen molar-refractivity contribution in [1.82, 2.24) is 4.98 Å². The van der Waals surface area contributed by atoms with Gasteiger partial charge in [0.05, 0.1) is 5.52 Å². The first-order valence-corrected chi connectivity index (χ1v) is 6.28. The van der Waals surface area contributed by atoms with Gasteiger partial charge < -0.3 is 0 Å². The Hall–Kier alpha value is -1.28. The van der Waals surface area contributed by atoms with Gasteiger partial charge in [0.2, 0.25) is 0 Å². The maximum atomic E-state index is 4.37. The molecule has 0 aliphatic heterocycles. The molecule has 1 heterocycles. The molecule has 1 nitrogen and oxygen atoms in total. The Morgan fingerprint density at radius 3 is 2.94 bits per heavy atom. The second kappa shape index (κ2) is 4.71. The van der Waals surface area contributed by atoms with E-state index in [0.29, 0.717) is 0 Å². The molecule has 0 N–H and O–H groups in total. The van der Waals surface area contributed by atoms with Gasteiger partial charge in [-0.25, -0.2) is 0 Å². The molecule has 0 saturated carbocycles. The highest BCUT2D eigenvalue weighted by Crippen LogP contribution is 2.28. The number of rotatable bonds is 3. The summed E-state index contributed by atoms with van der Waals surface area (Å²) in [5.41, 5.74) is 3.54. The highest BCUT2D eigenvalue weighted by molar-refractivity contribution is 7.99. The predicted octanol–water partition coefficient (Wildman–Crippen LogP) is 4.21. The topological polar surface area (TPSA) is 12.9 Å². The number of fused-ring (bicyclic) bond motifs is 1. The fourth-order valence-electron chi connectivity index (χ4n) is 1.56. The molecular formula is C14H15NS. The van der Waals surface area contributed by atoms with E-state index >= 15 is 0 Å². The quantitative estimate of drug-likeness (QED) is 0.577. The smallest absolute Gasteiger partial charge is 0.0713 e. The molecule has 2 rings (SSSR count). The molecule has 0 spiro atoms. The summed E-state index contributed by atoms with van der Waals surface area (Å²) < 4.78 is 0. The van der Waals surface area contributed by atoms with E-state index in [1.807, 2.05) is 18.0 Å². The first-order valence-electron chi connectivity index (χ1n) is 5.29. The van der Waals surface area contributed by atoms with E-state index in [4.69, 9.17) is 0 Å². The average Bonchev–Trinajstić information content (AvgIpc) is 2.26. The Labute approximate surface area is 101 Å². The maximum Gasteiger partial charge on any atom is 0.0713 e. The molecule has 82 valence electrons. The van der Waals surface area contributed by atoms with Crippen molar-refractivity contribution in [1.29, 1.82) is 0 Å². The Morgan fingerprint density at radius 1 is 1.38 bits per heavy atom. The first kappa shape index (κ1) is 11.2. The summed E-state index contributed by atoms with van der Waals surface area (Å²) >= 11 is 1.83. The van der Waals surface area contributed by atoms with Crippen molar-refractivity contribution in [3.8, 4) is 0 Å². The number of hydrogen-bond acceptors (Lipinski definition) is 2. The SMILES string of the molecule is C=C(C)CSc1ccnc2ccc(C)cc12. The lowest BCUT2D eigenvalue weighted by Gasteiger charge is -2.06. The Bertz CT molecular complexity index is 531. The standard InChI is InChI=1S/C14H15NS/c1-10(2)9-16-14-6-7-15-13-5-4-11(3)8-12(13)14/h4-8H,1,9H2,2-3H3. The number of thioether (sulfide) groups is 1. The minimum absolute atomic E-state index is 0.965. The van der Waals surface area contributed by atoms with E-state index in [2.05, 4.69) is 49.7 Å². The average molecular weight is 229 g/mol. The molecule has 16 heavy (non-hydrogen) atoms. The zero-order chi connectivity index (χ0) is 11.5. The van der Waals surface area contributed by atoms with Gasteiger partial charge in [0.15, 0.2) is 0 Å². The van der Waals surface area contributed by atoms with Gasteiger partial charge in [-0.15, -0.1) is 11.8 Å². The van der Waals surface area contributed by atoms with Crippen molar-refractivity contribution in [3.05, 3.63) is 48.2 Å². The van der Waals surface area contributed by atoms with E-state index in [9.17, 15) is 0 Å². The summed E-state index contributed by atoms with van der Waals surface area (Å²) in [6, 6.07) is 8.45. The van der Waals surface area contributed by atoms with Gasteiger partial charge >= 0.3 is 0 Å². The third kappa shape index (κ3) is 2.45. The maximum absolute atomic E-state index is 4.37. The van der Waals surface area contributed by atoms with Gasteiger partial charge in [0, 0.05) is 22.2 Å². The van der Waals surface area contributed by atoms with Crippen molar-refractivity contribution in [2.24, 2.45) is 0 Å². The second-order valence-corrected chi connectivity index (χ2v) is 5.09. The van der Waals surface area contributed by atoms with Crippen molar-refractivity contribution in [3.63, 3.8) is 0 Å². The number of pyridine rings is 1. The lowest BCUT2D eigenvalue weighted by atomic mass is 10.1. The van der Waals surface area contributed by atoms with Gasteiger partial charge in [0.25, 0.3) is 0 Å². The molecule has 1 aromatic heterocycles. The summed E-state index contributed by atoms with van der Waals surface area (Å²) in [6.45, 7) is 8.10. The minimum atomic E-state index is 0.965. The largest absolute Gasteiger partial charge is 0.256 e. The van der Waals surface area contributed by atoms with Crippen LogP contribution in [0.1, 0.15) is 12.5 Å². The van der Waals surface area contributed by atoms with Crippen LogP contribution in [0.15, 0.2) is 47.5 Å². The molecule has 2 heteroatoms. The minimum Gasteiger partial charge on any atom is -0.256 e. The molecule has 0 amide bonds. The first-order chi connectivity index (χ1) is 7.66. The van der Waals surface area contributed by atoms with E-state index in [0.717, 1.165) is 11.3 Å². The zero-order valence-electron chi connectivity index (χ0n) is 9.66. The number of nitrogens with zero attached hydrogens (tertiary/aromatic N) is 1. The second-order valence-electron chi connectivity index (χ2n) is 4.08. The van der Waals surface area contributed by atoms with Crippen LogP contribution in [0.3, 0.4) is 0 Å². The highest BCUT2D eigenvalue weighted by Gasteiger charge is 2.02. The van der Waals surface area contributed by atoms with Gasteiger partial charge in [-0.3, -0.25) is 4.98 Å².